The minimum absolute atomic E-state index is 0.0714. The molecule has 6 nitrogen and oxygen atoms in total. The summed E-state index contributed by atoms with van der Waals surface area (Å²) in [6.45, 7) is 5.62. The monoisotopic (exact) mass is 607 g/mol. The van der Waals surface area contributed by atoms with Gasteiger partial charge in [-0.2, -0.15) is 13.2 Å². The third-order valence-corrected chi connectivity index (χ3v) is 8.17. The molecular weight excluding hydrogens is 577 g/mol. The van der Waals surface area contributed by atoms with Crippen LogP contribution in [0.3, 0.4) is 0 Å². The molecule has 0 radical (unpaired) electrons. The van der Waals surface area contributed by atoms with Gasteiger partial charge < -0.3 is 10.2 Å². The number of piperidine rings is 1. The third-order valence-electron chi connectivity index (χ3n) is 7.90. The van der Waals surface area contributed by atoms with Crippen LogP contribution in [0.25, 0.3) is 0 Å². The van der Waals surface area contributed by atoms with Crippen LogP contribution >= 0.6 is 11.6 Å². The first-order chi connectivity index (χ1) is 20.1. The van der Waals surface area contributed by atoms with Gasteiger partial charge in [0.1, 0.15) is 5.82 Å². The van der Waals surface area contributed by atoms with E-state index in [0.29, 0.717) is 29.0 Å². The van der Waals surface area contributed by atoms with E-state index >= 15 is 0 Å². The van der Waals surface area contributed by atoms with Gasteiger partial charge in [0.25, 0.3) is 5.91 Å². The number of nitrogens with one attached hydrogen (secondary N) is 1. The predicted octanol–water partition coefficient (Wildman–Crippen LogP) is 5.75. The molecule has 42 heavy (non-hydrogen) atoms. The molecule has 2 aromatic carbocycles. The first kappa shape index (κ1) is 30.2. The van der Waals surface area contributed by atoms with E-state index in [1.54, 1.807) is 12.1 Å². The highest BCUT2D eigenvalue weighted by Crippen LogP contribution is 2.29. The van der Waals surface area contributed by atoms with Crippen LogP contribution in [0.1, 0.15) is 39.9 Å². The standard InChI is InChI=1S/C30H31ClF5N5O/c31-25-16-22(29(42)38-17-20-1-4-23(5-2-20)30(34,35)36)18-37-28(25)41-13-11-40(12-14-41)24-7-9-39(10-8-24)19-21-3-6-26(32)27(33)15-21/h1-6,15-16,18,24H,7-14,17,19H2,(H,38,42). The molecule has 5 rings (SSSR count). The summed E-state index contributed by atoms with van der Waals surface area (Å²) in [5.74, 6) is -1.46. The van der Waals surface area contributed by atoms with Crippen molar-refractivity contribution in [3.8, 4) is 0 Å². The number of nitrogens with zero attached hydrogens (tertiary/aromatic N) is 4. The van der Waals surface area contributed by atoms with Crippen molar-refractivity contribution < 1.29 is 26.7 Å². The molecule has 0 saturated carbocycles. The topological polar surface area (TPSA) is 51.7 Å². The van der Waals surface area contributed by atoms with E-state index in [-0.39, 0.29) is 12.1 Å². The normalized spacial score (nSPS) is 17.4. The maximum Gasteiger partial charge on any atom is 0.416 e. The number of halogens is 6. The largest absolute Gasteiger partial charge is 0.416 e. The molecule has 1 amide bonds. The Labute approximate surface area is 246 Å². The van der Waals surface area contributed by atoms with Crippen LogP contribution < -0.4 is 10.2 Å². The minimum Gasteiger partial charge on any atom is -0.353 e. The van der Waals surface area contributed by atoms with Gasteiger partial charge in [-0.15, -0.1) is 0 Å². The smallest absolute Gasteiger partial charge is 0.353 e. The van der Waals surface area contributed by atoms with E-state index in [2.05, 4.69) is 25.0 Å². The molecule has 0 spiro atoms. The number of rotatable bonds is 7. The fraction of sp³-hybridized carbons (Fsp3) is 0.400. The highest BCUT2D eigenvalue weighted by Gasteiger charge is 2.30. The molecule has 2 saturated heterocycles. The van der Waals surface area contributed by atoms with Crippen molar-refractivity contribution in [2.24, 2.45) is 0 Å². The highest BCUT2D eigenvalue weighted by molar-refractivity contribution is 6.33. The Bertz CT molecular complexity index is 1390. The second-order valence-corrected chi connectivity index (χ2v) is 11.1. The Hall–Kier alpha value is -3.28. The number of anilines is 1. The number of benzene rings is 2. The lowest BCUT2D eigenvalue weighted by atomic mass is 10.0. The van der Waals surface area contributed by atoms with Gasteiger partial charge >= 0.3 is 6.18 Å². The number of alkyl halides is 3. The van der Waals surface area contributed by atoms with E-state index in [4.69, 9.17) is 11.6 Å². The number of hydrogen-bond donors (Lipinski definition) is 1. The Kier molecular flexibility index (Phi) is 9.29. The quantitative estimate of drug-likeness (QED) is 0.347. The van der Waals surface area contributed by atoms with Crippen molar-refractivity contribution >= 4 is 23.3 Å². The molecule has 2 fully saturated rings. The SMILES string of the molecule is O=C(NCc1ccc(C(F)(F)F)cc1)c1cnc(N2CCN(C3CCN(Cc4ccc(F)c(F)c4)CC3)CC2)c(Cl)c1. The van der Waals surface area contributed by atoms with E-state index in [0.717, 1.165) is 69.8 Å². The zero-order chi connectivity index (χ0) is 29.9. The summed E-state index contributed by atoms with van der Waals surface area (Å²) >= 11 is 6.52. The molecule has 2 aliphatic heterocycles. The molecule has 3 heterocycles. The fourth-order valence-corrected chi connectivity index (χ4v) is 5.81. The minimum atomic E-state index is -4.41. The Morgan fingerprint density at radius 2 is 1.57 bits per heavy atom. The summed E-state index contributed by atoms with van der Waals surface area (Å²) in [5.41, 5.74) is 0.837. The van der Waals surface area contributed by atoms with Gasteiger partial charge in [0.05, 0.1) is 16.1 Å². The van der Waals surface area contributed by atoms with Crippen molar-refractivity contribution in [2.75, 3.05) is 44.2 Å². The molecule has 12 heteroatoms. The zero-order valence-electron chi connectivity index (χ0n) is 22.8. The molecule has 1 aromatic heterocycles. The van der Waals surface area contributed by atoms with Gasteiger partial charge in [0.15, 0.2) is 11.6 Å². The van der Waals surface area contributed by atoms with E-state index in [9.17, 15) is 26.7 Å². The number of carbonyl (C=O) groups excluding carboxylic acids is 1. The number of piperazine rings is 1. The summed E-state index contributed by atoms with van der Waals surface area (Å²) in [7, 11) is 0. The number of pyridine rings is 1. The first-order valence-corrected chi connectivity index (χ1v) is 14.2. The van der Waals surface area contributed by atoms with Gasteiger partial charge in [0, 0.05) is 51.5 Å². The van der Waals surface area contributed by atoms with Crippen LogP contribution in [-0.4, -0.2) is 66.0 Å². The average Bonchev–Trinajstić information content (AvgIpc) is 2.98. The second kappa shape index (κ2) is 12.9. The first-order valence-electron chi connectivity index (χ1n) is 13.8. The van der Waals surface area contributed by atoms with Gasteiger partial charge in [-0.1, -0.05) is 29.8 Å². The maximum absolute atomic E-state index is 13.5. The number of likely N-dealkylation sites (tertiary alicyclic amines) is 1. The summed E-state index contributed by atoms with van der Waals surface area (Å²) in [5, 5.41) is 3.05. The fourth-order valence-electron chi connectivity index (χ4n) is 5.52. The summed E-state index contributed by atoms with van der Waals surface area (Å²) in [6, 6.07) is 10.7. The van der Waals surface area contributed by atoms with Crippen LogP contribution in [0.15, 0.2) is 54.7 Å². The van der Waals surface area contributed by atoms with Crippen LogP contribution in [0.2, 0.25) is 5.02 Å². The van der Waals surface area contributed by atoms with Crippen molar-refractivity contribution in [2.45, 2.75) is 38.1 Å². The van der Waals surface area contributed by atoms with Gasteiger partial charge in [0.2, 0.25) is 0 Å². The molecule has 2 aliphatic rings. The number of amides is 1. The maximum atomic E-state index is 13.5. The predicted molar refractivity (Wildman–Crippen MR) is 150 cm³/mol. The van der Waals surface area contributed by atoms with Crippen molar-refractivity contribution in [1.82, 2.24) is 20.1 Å². The molecule has 224 valence electrons. The summed E-state index contributed by atoms with van der Waals surface area (Å²) in [4.78, 5) is 23.9. The van der Waals surface area contributed by atoms with Crippen LogP contribution in [0.5, 0.6) is 0 Å². The Morgan fingerprint density at radius 3 is 2.19 bits per heavy atom. The lowest BCUT2D eigenvalue weighted by Gasteiger charge is -2.43. The third kappa shape index (κ3) is 7.37. The lowest BCUT2D eigenvalue weighted by molar-refractivity contribution is -0.137. The number of aromatic nitrogens is 1. The number of carbonyl (C=O) groups is 1. The van der Waals surface area contributed by atoms with E-state index in [1.807, 2.05) is 0 Å². The van der Waals surface area contributed by atoms with E-state index < -0.39 is 29.3 Å². The van der Waals surface area contributed by atoms with Crippen molar-refractivity contribution in [3.05, 3.63) is 93.6 Å². The van der Waals surface area contributed by atoms with Crippen molar-refractivity contribution in [3.63, 3.8) is 0 Å². The molecule has 0 aliphatic carbocycles. The van der Waals surface area contributed by atoms with Crippen LogP contribution in [0.4, 0.5) is 27.8 Å². The van der Waals surface area contributed by atoms with Gasteiger partial charge in [-0.3, -0.25) is 14.6 Å². The number of hydrogen-bond acceptors (Lipinski definition) is 5. The average molecular weight is 608 g/mol. The highest BCUT2D eigenvalue weighted by atomic mass is 35.5. The van der Waals surface area contributed by atoms with Crippen LogP contribution in [0, 0.1) is 11.6 Å². The Balaban J connectivity index is 1.08. The Morgan fingerprint density at radius 1 is 0.905 bits per heavy atom. The molecule has 3 aromatic rings. The van der Waals surface area contributed by atoms with Gasteiger partial charge in [-0.05, 0) is 67.4 Å². The lowest BCUT2D eigenvalue weighted by Crippen LogP contribution is -2.53. The molecule has 0 unspecified atom stereocenters. The molecule has 0 atom stereocenters. The summed E-state index contributed by atoms with van der Waals surface area (Å²) in [6.07, 6.45) is -0.955. The molecule has 0 bridgehead atoms. The van der Waals surface area contributed by atoms with Crippen LogP contribution in [-0.2, 0) is 19.3 Å². The van der Waals surface area contributed by atoms with Crippen molar-refractivity contribution in [1.29, 1.82) is 0 Å². The second-order valence-electron chi connectivity index (χ2n) is 10.7. The molecular formula is C30H31ClF5N5O. The zero-order valence-corrected chi connectivity index (χ0v) is 23.6. The molecule has 1 N–H and O–H groups in total. The van der Waals surface area contributed by atoms with E-state index in [1.165, 1.54) is 30.5 Å². The van der Waals surface area contributed by atoms with Gasteiger partial charge in [-0.25, -0.2) is 13.8 Å². The summed E-state index contributed by atoms with van der Waals surface area (Å²) < 4.78 is 65.0.